The number of imidazole rings is 1. The van der Waals surface area contributed by atoms with Gasteiger partial charge in [-0.15, -0.1) is 0 Å². The molecule has 0 saturated carbocycles. The average Bonchev–Trinajstić information content (AvgIpc) is 2.86. The summed E-state index contributed by atoms with van der Waals surface area (Å²) in [5.74, 6) is 1.57. The van der Waals surface area contributed by atoms with E-state index in [2.05, 4.69) is 26.9 Å². The van der Waals surface area contributed by atoms with Gasteiger partial charge in [0, 0.05) is 38.4 Å². The minimum atomic E-state index is 0.671. The molecule has 0 bridgehead atoms. The Bertz CT molecular complexity index is 577. The Hall–Kier alpha value is -1.75. The molecule has 1 fully saturated rings. The van der Waals surface area contributed by atoms with Gasteiger partial charge in [0.05, 0.1) is 5.69 Å². The second-order valence-electron chi connectivity index (χ2n) is 5.69. The van der Waals surface area contributed by atoms with E-state index in [-0.39, 0.29) is 0 Å². The van der Waals surface area contributed by atoms with E-state index in [0.717, 1.165) is 30.2 Å². The van der Waals surface area contributed by atoms with Crippen LogP contribution in [0.1, 0.15) is 18.5 Å². The summed E-state index contributed by atoms with van der Waals surface area (Å²) in [5, 5.41) is 0. The molecule has 0 aromatic carbocycles. The van der Waals surface area contributed by atoms with Crippen molar-refractivity contribution in [3.05, 3.63) is 30.5 Å². The van der Waals surface area contributed by atoms with Gasteiger partial charge >= 0.3 is 0 Å². The largest absolute Gasteiger partial charge is 0.333 e. The standard InChI is InChI=1S/C15H21N5/c1-19-8-3-4-12(11-19)10-13-14(17-6-5-16-13)15-18-7-9-20(15)2/h5-7,9,12H,3-4,8,10-11H2,1-2H3. The van der Waals surface area contributed by atoms with E-state index in [4.69, 9.17) is 0 Å². The van der Waals surface area contributed by atoms with Crippen LogP contribution in [0.5, 0.6) is 0 Å². The fourth-order valence-corrected chi connectivity index (χ4v) is 3.01. The van der Waals surface area contributed by atoms with Gasteiger partial charge in [-0.2, -0.15) is 0 Å². The highest BCUT2D eigenvalue weighted by atomic mass is 15.1. The lowest BCUT2D eigenvalue weighted by atomic mass is 9.93. The number of aromatic nitrogens is 4. The Kier molecular flexibility index (Phi) is 3.78. The van der Waals surface area contributed by atoms with Gasteiger partial charge in [-0.3, -0.25) is 4.98 Å². The summed E-state index contributed by atoms with van der Waals surface area (Å²) in [6.45, 7) is 2.36. The molecule has 0 N–H and O–H groups in total. The molecule has 106 valence electrons. The summed E-state index contributed by atoms with van der Waals surface area (Å²) in [6, 6.07) is 0. The van der Waals surface area contributed by atoms with Crippen LogP contribution >= 0.6 is 0 Å². The molecule has 3 heterocycles. The van der Waals surface area contributed by atoms with Crippen molar-refractivity contribution in [1.82, 2.24) is 24.4 Å². The second-order valence-corrected chi connectivity index (χ2v) is 5.69. The highest BCUT2D eigenvalue weighted by Gasteiger charge is 2.21. The summed E-state index contributed by atoms with van der Waals surface area (Å²) >= 11 is 0. The molecule has 1 aliphatic heterocycles. The minimum absolute atomic E-state index is 0.671. The quantitative estimate of drug-likeness (QED) is 0.853. The van der Waals surface area contributed by atoms with Crippen molar-refractivity contribution in [2.75, 3.05) is 20.1 Å². The molecule has 5 heteroatoms. The van der Waals surface area contributed by atoms with Gasteiger partial charge in [0.1, 0.15) is 5.69 Å². The van der Waals surface area contributed by atoms with E-state index >= 15 is 0 Å². The van der Waals surface area contributed by atoms with Gasteiger partial charge < -0.3 is 9.47 Å². The molecule has 0 spiro atoms. The lowest BCUT2D eigenvalue weighted by Crippen LogP contribution is -2.33. The van der Waals surface area contributed by atoms with Crippen LogP contribution in [-0.2, 0) is 13.5 Å². The average molecular weight is 271 g/mol. The maximum absolute atomic E-state index is 4.56. The highest BCUT2D eigenvalue weighted by Crippen LogP contribution is 2.24. The van der Waals surface area contributed by atoms with Gasteiger partial charge in [0.25, 0.3) is 0 Å². The minimum Gasteiger partial charge on any atom is -0.333 e. The number of hydrogen-bond acceptors (Lipinski definition) is 4. The Morgan fingerprint density at radius 1 is 1.15 bits per heavy atom. The number of aryl methyl sites for hydroxylation is 1. The van der Waals surface area contributed by atoms with Crippen LogP contribution in [0.3, 0.4) is 0 Å². The normalized spacial score (nSPS) is 20.2. The number of likely N-dealkylation sites (tertiary alicyclic amines) is 1. The van der Waals surface area contributed by atoms with Crippen LogP contribution in [0.25, 0.3) is 11.5 Å². The van der Waals surface area contributed by atoms with Crippen molar-refractivity contribution in [3.63, 3.8) is 0 Å². The van der Waals surface area contributed by atoms with Crippen LogP contribution in [0, 0.1) is 5.92 Å². The summed E-state index contributed by atoms with van der Waals surface area (Å²) < 4.78 is 2.00. The molecule has 1 saturated heterocycles. The predicted octanol–water partition coefficient (Wildman–Crippen LogP) is 1.76. The predicted molar refractivity (Wildman–Crippen MR) is 78.2 cm³/mol. The lowest BCUT2D eigenvalue weighted by Gasteiger charge is -2.29. The number of nitrogens with zero attached hydrogens (tertiary/aromatic N) is 5. The molecule has 0 radical (unpaired) electrons. The SMILES string of the molecule is CN1CCCC(Cc2nccnc2-c2nccn2C)C1. The van der Waals surface area contributed by atoms with Crippen molar-refractivity contribution < 1.29 is 0 Å². The summed E-state index contributed by atoms with van der Waals surface area (Å²) in [5.41, 5.74) is 2.00. The van der Waals surface area contributed by atoms with Gasteiger partial charge in [-0.05, 0) is 38.8 Å². The third-order valence-corrected chi connectivity index (χ3v) is 4.01. The first-order chi connectivity index (χ1) is 9.74. The molecule has 0 amide bonds. The molecule has 5 nitrogen and oxygen atoms in total. The van der Waals surface area contributed by atoms with Crippen LogP contribution in [0.2, 0.25) is 0 Å². The molecule has 20 heavy (non-hydrogen) atoms. The van der Waals surface area contributed by atoms with E-state index < -0.39 is 0 Å². The van der Waals surface area contributed by atoms with Crippen LogP contribution in [0.4, 0.5) is 0 Å². The summed E-state index contributed by atoms with van der Waals surface area (Å²) in [6.07, 6.45) is 10.8. The van der Waals surface area contributed by atoms with Gasteiger partial charge in [0.15, 0.2) is 5.82 Å². The van der Waals surface area contributed by atoms with Crippen molar-refractivity contribution >= 4 is 0 Å². The van der Waals surface area contributed by atoms with E-state index in [1.807, 2.05) is 24.0 Å². The van der Waals surface area contributed by atoms with Gasteiger partial charge in [0.2, 0.25) is 0 Å². The molecule has 3 rings (SSSR count). The number of rotatable bonds is 3. The second kappa shape index (κ2) is 5.71. The summed E-state index contributed by atoms with van der Waals surface area (Å²) in [4.78, 5) is 15.9. The molecule has 1 aliphatic rings. The van der Waals surface area contributed by atoms with Crippen LogP contribution in [0.15, 0.2) is 24.8 Å². The molecule has 2 aromatic rings. The maximum atomic E-state index is 4.56. The Labute approximate surface area is 119 Å². The van der Waals surface area contributed by atoms with Gasteiger partial charge in [-0.1, -0.05) is 0 Å². The zero-order chi connectivity index (χ0) is 13.9. The molecular formula is C15H21N5. The number of hydrogen-bond donors (Lipinski definition) is 0. The molecule has 1 unspecified atom stereocenters. The number of piperidine rings is 1. The first-order valence-electron chi connectivity index (χ1n) is 7.20. The van der Waals surface area contributed by atoms with Gasteiger partial charge in [-0.25, -0.2) is 9.97 Å². The highest BCUT2D eigenvalue weighted by molar-refractivity contribution is 5.52. The van der Waals surface area contributed by atoms with Crippen LogP contribution in [-0.4, -0.2) is 44.6 Å². The third kappa shape index (κ3) is 2.72. The van der Waals surface area contributed by atoms with Crippen LogP contribution < -0.4 is 0 Å². The Morgan fingerprint density at radius 3 is 2.75 bits per heavy atom. The molecule has 2 aromatic heterocycles. The van der Waals surface area contributed by atoms with Crippen molar-refractivity contribution in [2.45, 2.75) is 19.3 Å². The zero-order valence-corrected chi connectivity index (χ0v) is 12.2. The summed E-state index contributed by atoms with van der Waals surface area (Å²) in [7, 11) is 4.19. The fourth-order valence-electron chi connectivity index (χ4n) is 3.01. The Balaban J connectivity index is 1.85. The van der Waals surface area contributed by atoms with Crippen molar-refractivity contribution in [1.29, 1.82) is 0 Å². The monoisotopic (exact) mass is 271 g/mol. The maximum Gasteiger partial charge on any atom is 0.160 e. The van der Waals surface area contributed by atoms with E-state index in [9.17, 15) is 0 Å². The first-order valence-corrected chi connectivity index (χ1v) is 7.20. The third-order valence-electron chi connectivity index (χ3n) is 4.01. The molecular weight excluding hydrogens is 250 g/mol. The first kappa shape index (κ1) is 13.2. The molecule has 0 aliphatic carbocycles. The Morgan fingerprint density at radius 2 is 2.00 bits per heavy atom. The zero-order valence-electron chi connectivity index (χ0n) is 12.2. The topological polar surface area (TPSA) is 46.8 Å². The van der Waals surface area contributed by atoms with E-state index in [1.54, 1.807) is 12.4 Å². The van der Waals surface area contributed by atoms with E-state index in [1.165, 1.54) is 19.4 Å². The molecule has 1 atom stereocenters. The van der Waals surface area contributed by atoms with E-state index in [0.29, 0.717) is 5.92 Å². The lowest BCUT2D eigenvalue weighted by molar-refractivity contribution is 0.208. The smallest absolute Gasteiger partial charge is 0.160 e. The van der Waals surface area contributed by atoms with Crippen molar-refractivity contribution in [2.24, 2.45) is 13.0 Å². The van der Waals surface area contributed by atoms with Crippen molar-refractivity contribution in [3.8, 4) is 11.5 Å². The fraction of sp³-hybridized carbons (Fsp3) is 0.533.